The topological polar surface area (TPSA) is 374 Å². The Bertz CT molecular complexity index is 6670. The number of benzene rings is 4. The molecule has 1 aliphatic rings. The number of aryl methyl sites for hydroxylation is 8. The third kappa shape index (κ3) is 19.5. The minimum Gasteiger partial charge on any atom is -0.492 e. The summed E-state index contributed by atoms with van der Waals surface area (Å²) in [6, 6.07) is 30.3. The maximum Gasteiger partial charge on any atom is 0.345 e. The zero-order chi connectivity index (χ0) is 84.6. The second kappa shape index (κ2) is 37.3. The predicted octanol–water partition coefficient (Wildman–Crippen LogP) is 9.73. The van der Waals surface area contributed by atoms with Gasteiger partial charge in [0.15, 0.2) is 22.6 Å². The molecule has 30 heteroatoms. The van der Waals surface area contributed by atoms with Crippen LogP contribution in [0.1, 0.15) is 75.1 Å². The summed E-state index contributed by atoms with van der Waals surface area (Å²) < 4.78 is 35.7. The van der Waals surface area contributed by atoms with E-state index in [0.717, 1.165) is 140 Å². The normalized spacial score (nSPS) is 13.1. The summed E-state index contributed by atoms with van der Waals surface area (Å²) >= 11 is 0. The highest BCUT2D eigenvalue weighted by atomic mass is 16.5. The van der Waals surface area contributed by atoms with E-state index in [4.69, 9.17) is 42.8 Å². The molecule has 0 bridgehead atoms. The van der Waals surface area contributed by atoms with Gasteiger partial charge in [-0.15, -0.1) is 0 Å². The second-order valence-corrected chi connectivity index (χ2v) is 30.6. The molecule has 0 saturated carbocycles. The van der Waals surface area contributed by atoms with Crippen molar-refractivity contribution in [3.05, 3.63) is 251 Å². The molecule has 13 heterocycles. The van der Waals surface area contributed by atoms with Crippen LogP contribution in [-0.4, -0.2) is 209 Å². The molecule has 1 aliphatic heterocycles. The minimum atomic E-state index is -0.441. The summed E-state index contributed by atoms with van der Waals surface area (Å²) in [6.07, 6.45) is 19.3. The number of nitrogens with one attached hydrogen (secondary N) is 1. The number of fused-ring (bicyclic) bond motifs is 8. The third-order valence-corrected chi connectivity index (χ3v) is 21.2. The summed E-state index contributed by atoms with van der Waals surface area (Å²) in [5, 5.41) is 52.4. The number of nitrogens with zero attached hydrogens (tertiary/aromatic N) is 15. The average Bonchev–Trinajstić information content (AvgIpc) is 0.941. The van der Waals surface area contributed by atoms with Gasteiger partial charge in [0.25, 0.3) is 0 Å². The number of aliphatic hydroxyl groups is 5. The predicted molar refractivity (Wildman–Crippen MR) is 459 cm³/mol. The summed E-state index contributed by atoms with van der Waals surface area (Å²) in [5.74, 6) is 0.676. The van der Waals surface area contributed by atoms with Crippen molar-refractivity contribution < 1.29 is 47.9 Å². The first-order chi connectivity index (χ1) is 57.9. The second-order valence-electron chi connectivity index (χ2n) is 30.6. The van der Waals surface area contributed by atoms with Crippen molar-refractivity contribution >= 4 is 66.5 Å². The standard InChI is InChI=1S/C24H26N4O3.C23H26N4O4.C22H24N4O4.C21H22N4O3/c1-15-12-28-13-21(26-23(28)16(2)25-15)20-11-18-6-5-17(10-22(18)31-24(20)30)7-9-27-8-3-4-19(27)14-29;1-15-13-27-14-20(25-22(27)16(2)24-15)19-12-18-4-3-17(11-21(18)31-23(19)30)5-6-26(7-9-28)8-10-29;1-13-9-26-10-19(25-21(26)14(2)24-13)18-8-16-4-3-15(7-20(16)30-22(18)29)5-6-23-17(11-27)12-28;1-13-11-25-12-18(23-20(25)14(2)22-13)17-9-15-5-6-16(27-8-7-24(3)4)10-19(15)28-21(17)26/h5-6,10-13,19,29H,3-4,7-9,14H2,1-2H3;3-4,11-14,28-29H,5-10H2,1-2H3;3-4,7-10,17,23,27-28H,5-6,11-12H2,1-2H3;5-6,9-12H,7-8H2,1-4H3/t19-;;;/m1.../s1. The number of ether oxygens (including phenoxy) is 1. The molecule has 120 heavy (non-hydrogen) atoms. The van der Waals surface area contributed by atoms with Gasteiger partial charge >= 0.3 is 22.5 Å². The fraction of sp³-hybridized carbons (Fsp3) is 0.333. The molecular formula is C90H98N16O14. The lowest BCUT2D eigenvalue weighted by molar-refractivity contribution is 0.160. The summed E-state index contributed by atoms with van der Waals surface area (Å²) in [5.41, 5.74) is 17.2. The fourth-order valence-corrected chi connectivity index (χ4v) is 15.1. The molecule has 0 unspecified atom stereocenters. The van der Waals surface area contributed by atoms with Crippen molar-refractivity contribution in [2.45, 2.75) is 99.6 Å². The average molecular weight is 1630 g/mol. The lowest BCUT2D eigenvalue weighted by Gasteiger charge is -2.22. The van der Waals surface area contributed by atoms with Crippen LogP contribution in [0.15, 0.2) is 183 Å². The number of rotatable bonds is 25. The van der Waals surface area contributed by atoms with Crippen LogP contribution in [-0.2, 0) is 19.3 Å². The molecule has 16 aromatic rings. The number of hydrogen-bond acceptors (Lipinski definition) is 26. The Kier molecular flexibility index (Phi) is 26.1. The quantitative estimate of drug-likeness (QED) is 0.0290. The monoisotopic (exact) mass is 1630 g/mol. The Morgan fingerprint density at radius 3 is 1.18 bits per heavy atom. The van der Waals surface area contributed by atoms with E-state index in [1.165, 1.54) is 0 Å². The van der Waals surface area contributed by atoms with E-state index in [9.17, 15) is 24.3 Å². The van der Waals surface area contributed by atoms with Crippen LogP contribution in [0.25, 0.3) is 111 Å². The first-order valence-corrected chi connectivity index (χ1v) is 40.0. The van der Waals surface area contributed by atoms with Gasteiger partial charge in [-0.3, -0.25) is 29.7 Å². The van der Waals surface area contributed by atoms with E-state index in [-0.39, 0.29) is 45.1 Å². The van der Waals surface area contributed by atoms with Crippen molar-refractivity contribution in [1.29, 1.82) is 0 Å². The van der Waals surface area contributed by atoms with Gasteiger partial charge < -0.3 is 75.8 Å². The highest BCUT2D eigenvalue weighted by Crippen LogP contribution is 2.30. The van der Waals surface area contributed by atoms with Crippen LogP contribution in [0.3, 0.4) is 0 Å². The number of imidazole rings is 4. The van der Waals surface area contributed by atoms with Crippen molar-refractivity contribution in [2.24, 2.45) is 0 Å². The maximum atomic E-state index is 12.8. The largest absolute Gasteiger partial charge is 0.492 e. The fourth-order valence-electron chi connectivity index (χ4n) is 15.1. The molecule has 12 aromatic heterocycles. The van der Waals surface area contributed by atoms with E-state index in [1.54, 1.807) is 12.1 Å². The van der Waals surface area contributed by atoms with Gasteiger partial charge in [-0.2, -0.15) is 0 Å². The molecule has 1 fully saturated rings. The van der Waals surface area contributed by atoms with Crippen molar-refractivity contribution in [3.8, 4) is 50.8 Å². The molecule has 17 rings (SSSR count). The Hall–Kier alpha value is -12.4. The van der Waals surface area contributed by atoms with Crippen molar-refractivity contribution in [2.75, 3.05) is 99.5 Å². The van der Waals surface area contributed by atoms with Gasteiger partial charge in [0.2, 0.25) is 0 Å². The molecule has 30 nitrogen and oxygen atoms in total. The molecule has 0 radical (unpaired) electrons. The Morgan fingerprint density at radius 1 is 0.442 bits per heavy atom. The molecular weight excluding hydrogens is 1530 g/mol. The first-order valence-electron chi connectivity index (χ1n) is 40.0. The van der Waals surface area contributed by atoms with E-state index < -0.39 is 22.5 Å². The highest BCUT2D eigenvalue weighted by Gasteiger charge is 2.25. The maximum absolute atomic E-state index is 12.8. The van der Waals surface area contributed by atoms with E-state index in [2.05, 4.69) is 56.2 Å². The van der Waals surface area contributed by atoms with Crippen LogP contribution < -0.4 is 32.6 Å². The Labute approximate surface area is 689 Å². The zero-order valence-corrected chi connectivity index (χ0v) is 68.9. The van der Waals surface area contributed by atoms with Crippen LogP contribution in [0.4, 0.5) is 0 Å². The van der Waals surface area contributed by atoms with Crippen molar-refractivity contribution in [1.82, 2.24) is 77.5 Å². The van der Waals surface area contributed by atoms with Crippen LogP contribution in [0.2, 0.25) is 0 Å². The zero-order valence-electron chi connectivity index (χ0n) is 68.9. The SMILES string of the molecule is Cc1cn2cc(-c3cc4ccc(CCN(CCO)CCO)cc4oc3=O)nc2c(C)n1.Cc1cn2cc(-c3cc4ccc(CCN5CCC[C@@H]5CO)cc4oc3=O)nc2c(C)n1.Cc1cn2cc(-c3cc4ccc(CCNC(CO)CO)cc4oc3=O)nc2c(C)n1.Cc1cn2cc(-c3cc4ccc(OCCN(C)C)cc4oc3=O)nc2c(C)n1. The van der Waals surface area contributed by atoms with Gasteiger partial charge in [0.05, 0.1) is 130 Å². The third-order valence-electron chi connectivity index (χ3n) is 21.2. The Morgan fingerprint density at radius 2 is 0.808 bits per heavy atom. The van der Waals surface area contributed by atoms with E-state index in [0.29, 0.717) is 124 Å². The molecule has 1 atom stereocenters. The molecule has 622 valence electrons. The number of aromatic nitrogens is 12. The van der Waals surface area contributed by atoms with Gasteiger partial charge in [0.1, 0.15) is 34.7 Å². The van der Waals surface area contributed by atoms with Crippen LogP contribution in [0, 0.1) is 55.4 Å². The summed E-state index contributed by atoms with van der Waals surface area (Å²) in [4.78, 5) is 93.2. The molecule has 1 saturated heterocycles. The minimum absolute atomic E-state index is 0.0492. The molecule has 0 amide bonds. The number of likely N-dealkylation sites (N-methyl/N-ethyl adjacent to an activating group) is 1. The van der Waals surface area contributed by atoms with Crippen LogP contribution in [0.5, 0.6) is 5.75 Å². The molecule has 6 N–H and O–H groups in total. The van der Waals surface area contributed by atoms with E-state index in [1.807, 2.05) is 225 Å². The molecule has 0 spiro atoms. The molecule has 4 aromatic carbocycles. The molecule has 0 aliphatic carbocycles. The lowest BCUT2D eigenvalue weighted by atomic mass is 10.1. The van der Waals surface area contributed by atoms with Crippen LogP contribution >= 0.6 is 0 Å². The number of likely N-dealkylation sites (tertiary alicyclic amines) is 1. The first kappa shape index (κ1) is 84.1. The smallest absolute Gasteiger partial charge is 0.345 e. The van der Waals surface area contributed by atoms with Gasteiger partial charge in [-0.1, -0.05) is 36.4 Å². The number of hydrogen-bond donors (Lipinski definition) is 6. The highest BCUT2D eigenvalue weighted by molar-refractivity contribution is 5.85. The van der Waals surface area contributed by atoms with Gasteiger partial charge in [-0.25, -0.2) is 39.1 Å². The van der Waals surface area contributed by atoms with Gasteiger partial charge in [0, 0.05) is 116 Å². The number of aliphatic hydroxyl groups excluding tert-OH is 5. The van der Waals surface area contributed by atoms with Gasteiger partial charge in [-0.05, 0) is 186 Å². The lowest BCUT2D eigenvalue weighted by Crippen LogP contribution is -2.36. The summed E-state index contributed by atoms with van der Waals surface area (Å²) in [7, 11) is 3.98. The van der Waals surface area contributed by atoms with E-state index >= 15 is 0 Å². The Balaban J connectivity index is 0.000000131. The van der Waals surface area contributed by atoms with Crippen molar-refractivity contribution in [3.63, 3.8) is 0 Å². The summed E-state index contributed by atoms with van der Waals surface area (Å²) in [6.45, 7) is 21.0.